The first-order chi connectivity index (χ1) is 10.1. The molecule has 3 nitrogen and oxygen atoms in total. The molecule has 2 aromatic carbocycles. The molecule has 0 aliphatic heterocycles. The van der Waals surface area contributed by atoms with Crippen LogP contribution in [0.5, 0.6) is 5.75 Å². The maximum Gasteiger partial charge on any atom is 0.138 e. The van der Waals surface area contributed by atoms with E-state index in [2.05, 4.69) is 12.2 Å². The van der Waals surface area contributed by atoms with Gasteiger partial charge >= 0.3 is 0 Å². The van der Waals surface area contributed by atoms with Crippen LogP contribution in [0.1, 0.15) is 29.7 Å². The van der Waals surface area contributed by atoms with Crippen molar-refractivity contribution in [2.45, 2.75) is 26.2 Å². The second-order valence-corrected chi connectivity index (χ2v) is 5.37. The van der Waals surface area contributed by atoms with Crippen molar-refractivity contribution in [2.75, 3.05) is 7.05 Å². The van der Waals surface area contributed by atoms with Gasteiger partial charge in [-0.25, -0.2) is 0 Å². The number of nitrogens with one attached hydrogen (secondary N) is 1. The third-order valence-electron chi connectivity index (χ3n) is 3.49. The lowest BCUT2D eigenvalue weighted by Crippen LogP contribution is -2.12. The van der Waals surface area contributed by atoms with Crippen molar-refractivity contribution in [1.82, 2.24) is 5.32 Å². The number of aliphatic hydroxyl groups excluding tert-OH is 1. The molecule has 0 fully saturated rings. The summed E-state index contributed by atoms with van der Waals surface area (Å²) in [5.74, 6) is 0.676. The van der Waals surface area contributed by atoms with Gasteiger partial charge in [0.15, 0.2) is 0 Å². The monoisotopic (exact) mass is 305 g/mol. The van der Waals surface area contributed by atoms with Crippen molar-refractivity contribution in [3.05, 3.63) is 64.2 Å². The Morgan fingerprint density at radius 1 is 1.14 bits per heavy atom. The van der Waals surface area contributed by atoms with Crippen LogP contribution in [-0.2, 0) is 13.2 Å². The first-order valence-electron chi connectivity index (χ1n) is 6.92. The summed E-state index contributed by atoms with van der Waals surface area (Å²) in [4.78, 5) is 0. The van der Waals surface area contributed by atoms with Crippen molar-refractivity contribution in [3.8, 4) is 5.75 Å². The lowest BCUT2D eigenvalue weighted by molar-refractivity contribution is 0.281. The van der Waals surface area contributed by atoms with E-state index >= 15 is 0 Å². The standard InChI is InChI=1S/C17H20ClNO2/c1-12(19-2)15-7-8-17(16(18)9-15)21-11-14-5-3-13(10-20)4-6-14/h3-9,12,19-20H,10-11H2,1-2H3. The Kier molecular flexibility index (Phi) is 5.62. The molecule has 0 spiro atoms. The highest BCUT2D eigenvalue weighted by molar-refractivity contribution is 6.32. The van der Waals surface area contributed by atoms with Gasteiger partial charge in [-0.05, 0) is 42.8 Å². The van der Waals surface area contributed by atoms with Gasteiger partial charge in [-0.3, -0.25) is 0 Å². The highest BCUT2D eigenvalue weighted by Crippen LogP contribution is 2.28. The van der Waals surface area contributed by atoms with Gasteiger partial charge in [-0.1, -0.05) is 41.9 Å². The molecule has 0 heterocycles. The van der Waals surface area contributed by atoms with E-state index in [0.717, 1.165) is 16.7 Å². The SMILES string of the molecule is CNC(C)c1ccc(OCc2ccc(CO)cc2)c(Cl)c1. The van der Waals surface area contributed by atoms with E-state index in [0.29, 0.717) is 17.4 Å². The number of rotatable bonds is 6. The Balaban J connectivity index is 2.02. The maximum atomic E-state index is 9.01. The third-order valence-corrected chi connectivity index (χ3v) is 3.78. The van der Waals surface area contributed by atoms with Crippen LogP contribution in [-0.4, -0.2) is 12.2 Å². The zero-order valence-electron chi connectivity index (χ0n) is 12.3. The molecule has 0 saturated heterocycles. The number of ether oxygens (including phenoxy) is 1. The zero-order chi connectivity index (χ0) is 15.2. The highest BCUT2D eigenvalue weighted by Gasteiger charge is 2.07. The van der Waals surface area contributed by atoms with E-state index in [1.165, 1.54) is 0 Å². The Morgan fingerprint density at radius 3 is 2.38 bits per heavy atom. The summed E-state index contributed by atoms with van der Waals surface area (Å²) < 4.78 is 5.75. The van der Waals surface area contributed by atoms with Crippen LogP contribution >= 0.6 is 11.6 Å². The molecule has 21 heavy (non-hydrogen) atoms. The zero-order valence-corrected chi connectivity index (χ0v) is 13.0. The van der Waals surface area contributed by atoms with Crippen molar-refractivity contribution >= 4 is 11.6 Å². The van der Waals surface area contributed by atoms with Gasteiger partial charge < -0.3 is 15.2 Å². The summed E-state index contributed by atoms with van der Waals surface area (Å²) in [6.45, 7) is 2.58. The topological polar surface area (TPSA) is 41.5 Å². The summed E-state index contributed by atoms with van der Waals surface area (Å²) in [7, 11) is 1.92. The molecule has 2 rings (SSSR count). The van der Waals surface area contributed by atoms with Crippen LogP contribution in [0.4, 0.5) is 0 Å². The lowest BCUT2D eigenvalue weighted by Gasteiger charge is -2.13. The van der Waals surface area contributed by atoms with E-state index in [-0.39, 0.29) is 12.6 Å². The average Bonchev–Trinajstić information content (AvgIpc) is 2.53. The number of aliphatic hydroxyl groups is 1. The van der Waals surface area contributed by atoms with Crippen LogP contribution in [0.15, 0.2) is 42.5 Å². The fourth-order valence-corrected chi connectivity index (χ4v) is 2.22. The van der Waals surface area contributed by atoms with Gasteiger partial charge in [0.2, 0.25) is 0 Å². The normalized spacial score (nSPS) is 12.2. The smallest absolute Gasteiger partial charge is 0.138 e. The molecule has 2 N–H and O–H groups in total. The van der Waals surface area contributed by atoms with Crippen LogP contribution in [0.25, 0.3) is 0 Å². The van der Waals surface area contributed by atoms with E-state index in [1.54, 1.807) is 0 Å². The fourth-order valence-electron chi connectivity index (χ4n) is 1.97. The first-order valence-corrected chi connectivity index (χ1v) is 7.30. The van der Waals surface area contributed by atoms with Gasteiger partial charge in [0.05, 0.1) is 11.6 Å². The Bertz CT molecular complexity index is 584. The summed E-state index contributed by atoms with van der Waals surface area (Å²) in [5, 5.41) is 12.8. The molecule has 0 radical (unpaired) electrons. The van der Waals surface area contributed by atoms with Crippen molar-refractivity contribution < 1.29 is 9.84 Å². The van der Waals surface area contributed by atoms with Crippen LogP contribution in [0, 0.1) is 0 Å². The van der Waals surface area contributed by atoms with Gasteiger partial charge in [0.25, 0.3) is 0 Å². The number of benzene rings is 2. The third kappa shape index (κ3) is 4.21. The molecule has 0 saturated carbocycles. The summed E-state index contributed by atoms with van der Waals surface area (Å²) in [5.41, 5.74) is 3.06. The second kappa shape index (κ2) is 7.46. The molecule has 0 aromatic heterocycles. The lowest BCUT2D eigenvalue weighted by atomic mass is 10.1. The minimum absolute atomic E-state index is 0.0536. The Morgan fingerprint density at radius 2 is 1.81 bits per heavy atom. The number of halogens is 1. The van der Waals surface area contributed by atoms with Crippen LogP contribution in [0.2, 0.25) is 5.02 Å². The minimum atomic E-state index is 0.0536. The largest absolute Gasteiger partial charge is 0.487 e. The minimum Gasteiger partial charge on any atom is -0.487 e. The molecular formula is C17H20ClNO2. The molecule has 1 unspecified atom stereocenters. The van der Waals surface area contributed by atoms with E-state index in [1.807, 2.05) is 49.5 Å². The van der Waals surface area contributed by atoms with Crippen molar-refractivity contribution in [3.63, 3.8) is 0 Å². The molecule has 0 aliphatic rings. The van der Waals surface area contributed by atoms with Gasteiger partial charge in [-0.15, -0.1) is 0 Å². The predicted octanol–water partition coefficient (Wildman–Crippen LogP) is 3.69. The molecular weight excluding hydrogens is 286 g/mol. The molecule has 2 aromatic rings. The quantitative estimate of drug-likeness (QED) is 0.855. The molecule has 112 valence electrons. The van der Waals surface area contributed by atoms with Gasteiger partial charge in [0.1, 0.15) is 12.4 Å². The molecule has 0 aliphatic carbocycles. The Labute approximate surface area is 130 Å². The molecule has 0 amide bonds. The number of hydrogen-bond donors (Lipinski definition) is 2. The van der Waals surface area contributed by atoms with Crippen molar-refractivity contribution in [2.24, 2.45) is 0 Å². The maximum absolute atomic E-state index is 9.01. The van der Waals surface area contributed by atoms with Crippen LogP contribution < -0.4 is 10.1 Å². The summed E-state index contributed by atoms with van der Waals surface area (Å²) in [6.07, 6.45) is 0. The Hall–Kier alpha value is -1.55. The molecule has 0 bridgehead atoms. The molecule has 4 heteroatoms. The van der Waals surface area contributed by atoms with E-state index < -0.39 is 0 Å². The summed E-state index contributed by atoms with van der Waals surface area (Å²) in [6, 6.07) is 13.7. The van der Waals surface area contributed by atoms with Crippen LogP contribution in [0.3, 0.4) is 0 Å². The van der Waals surface area contributed by atoms with E-state index in [4.69, 9.17) is 21.4 Å². The van der Waals surface area contributed by atoms with Gasteiger partial charge in [-0.2, -0.15) is 0 Å². The average molecular weight is 306 g/mol. The number of hydrogen-bond acceptors (Lipinski definition) is 3. The van der Waals surface area contributed by atoms with Crippen molar-refractivity contribution in [1.29, 1.82) is 0 Å². The van der Waals surface area contributed by atoms with Gasteiger partial charge in [0, 0.05) is 6.04 Å². The fraction of sp³-hybridized carbons (Fsp3) is 0.294. The molecule has 1 atom stereocenters. The summed E-state index contributed by atoms with van der Waals surface area (Å²) >= 11 is 6.26. The predicted molar refractivity (Wildman–Crippen MR) is 85.6 cm³/mol. The first kappa shape index (κ1) is 15.8. The highest BCUT2D eigenvalue weighted by atomic mass is 35.5. The van der Waals surface area contributed by atoms with E-state index in [9.17, 15) is 0 Å². The second-order valence-electron chi connectivity index (χ2n) is 4.96.